The normalized spacial score (nSPS) is 14.2. The SMILES string of the molecule is CC(Cl)c1nc2cc(Br)ccc2n1CC(F)(F)C(F)F. The first-order chi connectivity index (χ1) is 9.22. The summed E-state index contributed by atoms with van der Waals surface area (Å²) in [6.45, 7) is 0.393. The summed E-state index contributed by atoms with van der Waals surface area (Å²) in [4.78, 5) is 4.14. The number of rotatable bonds is 4. The lowest BCUT2D eigenvalue weighted by molar-refractivity contribution is -0.137. The number of halogens is 6. The quantitative estimate of drug-likeness (QED) is 0.545. The van der Waals surface area contributed by atoms with Gasteiger partial charge in [0.15, 0.2) is 0 Å². The Bertz CT molecular complexity index is 627. The number of fused-ring (bicyclic) bond motifs is 1. The maximum atomic E-state index is 13.3. The highest BCUT2D eigenvalue weighted by Crippen LogP contribution is 2.31. The van der Waals surface area contributed by atoms with E-state index in [1.54, 1.807) is 19.1 Å². The maximum Gasteiger partial charge on any atom is 0.324 e. The fourth-order valence-corrected chi connectivity index (χ4v) is 2.39. The number of imidazole rings is 1. The largest absolute Gasteiger partial charge is 0.324 e. The van der Waals surface area contributed by atoms with E-state index in [2.05, 4.69) is 20.9 Å². The molecule has 2 rings (SSSR count). The molecule has 1 aromatic carbocycles. The number of alkyl halides is 5. The molecule has 110 valence electrons. The van der Waals surface area contributed by atoms with Gasteiger partial charge < -0.3 is 4.57 Å². The van der Waals surface area contributed by atoms with E-state index in [4.69, 9.17) is 11.6 Å². The van der Waals surface area contributed by atoms with E-state index < -0.39 is 24.3 Å². The van der Waals surface area contributed by atoms with Crippen molar-refractivity contribution in [1.29, 1.82) is 0 Å². The predicted octanol–water partition coefficient (Wildman–Crippen LogP) is 5.00. The fourth-order valence-electron chi connectivity index (χ4n) is 1.87. The molecule has 0 aliphatic heterocycles. The molecule has 0 amide bonds. The molecule has 1 unspecified atom stereocenters. The minimum Gasteiger partial charge on any atom is -0.320 e. The fraction of sp³-hybridized carbons (Fsp3) is 0.417. The molecule has 0 radical (unpaired) electrons. The molecule has 0 fully saturated rings. The molecule has 1 aromatic heterocycles. The van der Waals surface area contributed by atoms with Crippen LogP contribution in [0.15, 0.2) is 22.7 Å². The third-order valence-corrected chi connectivity index (χ3v) is 3.47. The maximum absolute atomic E-state index is 13.3. The molecule has 2 aromatic rings. The van der Waals surface area contributed by atoms with E-state index in [-0.39, 0.29) is 5.82 Å². The topological polar surface area (TPSA) is 17.8 Å². The van der Waals surface area contributed by atoms with Gasteiger partial charge in [-0.3, -0.25) is 0 Å². The summed E-state index contributed by atoms with van der Waals surface area (Å²) in [5, 5.41) is -0.672. The molecule has 0 aliphatic rings. The van der Waals surface area contributed by atoms with Crippen LogP contribution in [0.25, 0.3) is 11.0 Å². The van der Waals surface area contributed by atoms with Crippen LogP contribution in [-0.2, 0) is 6.54 Å². The molecule has 20 heavy (non-hydrogen) atoms. The van der Waals surface area contributed by atoms with E-state index in [1.165, 1.54) is 6.07 Å². The standard InChI is InChI=1S/C12H10BrClF4N2/c1-6(14)10-19-8-4-7(13)2-3-9(8)20(10)5-12(17,18)11(15)16/h2-4,6,11H,5H2,1H3. The van der Waals surface area contributed by atoms with Crippen LogP contribution >= 0.6 is 27.5 Å². The van der Waals surface area contributed by atoms with Crippen molar-refractivity contribution in [3.63, 3.8) is 0 Å². The van der Waals surface area contributed by atoms with E-state index in [1.807, 2.05) is 0 Å². The molecule has 8 heteroatoms. The van der Waals surface area contributed by atoms with E-state index in [9.17, 15) is 17.6 Å². The lowest BCUT2D eigenvalue weighted by Crippen LogP contribution is -2.32. The summed E-state index contributed by atoms with van der Waals surface area (Å²) in [6, 6.07) is 4.79. The Morgan fingerprint density at radius 1 is 1.40 bits per heavy atom. The monoisotopic (exact) mass is 372 g/mol. The zero-order valence-electron chi connectivity index (χ0n) is 10.3. The lowest BCUT2D eigenvalue weighted by atomic mass is 10.3. The molecular formula is C12H10BrClF4N2. The molecule has 0 saturated carbocycles. The van der Waals surface area contributed by atoms with Gasteiger partial charge in [0.1, 0.15) is 5.82 Å². The van der Waals surface area contributed by atoms with Crippen molar-refractivity contribution in [1.82, 2.24) is 9.55 Å². The summed E-state index contributed by atoms with van der Waals surface area (Å²) in [7, 11) is 0. The van der Waals surface area contributed by atoms with Gasteiger partial charge >= 0.3 is 12.3 Å². The molecule has 0 spiro atoms. The molecular weight excluding hydrogens is 363 g/mol. The molecule has 1 heterocycles. The van der Waals surface area contributed by atoms with Gasteiger partial charge in [-0.25, -0.2) is 13.8 Å². The van der Waals surface area contributed by atoms with Gasteiger partial charge in [-0.05, 0) is 25.1 Å². The van der Waals surface area contributed by atoms with Crippen molar-refractivity contribution >= 4 is 38.6 Å². The third-order valence-electron chi connectivity index (χ3n) is 2.78. The highest BCUT2D eigenvalue weighted by Gasteiger charge is 2.42. The van der Waals surface area contributed by atoms with Gasteiger partial charge in [-0.2, -0.15) is 8.78 Å². The Hall–Kier alpha value is -0.820. The summed E-state index contributed by atoms with van der Waals surface area (Å²) in [5.41, 5.74) is 0.767. The number of nitrogens with zero attached hydrogens (tertiary/aromatic N) is 2. The van der Waals surface area contributed by atoms with E-state index in [0.29, 0.717) is 15.5 Å². The van der Waals surface area contributed by atoms with Gasteiger partial charge in [0.25, 0.3) is 0 Å². The van der Waals surface area contributed by atoms with Crippen LogP contribution in [0.1, 0.15) is 18.1 Å². The predicted molar refractivity (Wildman–Crippen MR) is 72.7 cm³/mol. The smallest absolute Gasteiger partial charge is 0.320 e. The first-order valence-corrected chi connectivity index (χ1v) is 6.91. The van der Waals surface area contributed by atoms with Crippen LogP contribution in [0.4, 0.5) is 17.6 Å². The van der Waals surface area contributed by atoms with Crippen molar-refractivity contribution in [3.8, 4) is 0 Å². The van der Waals surface area contributed by atoms with Crippen molar-refractivity contribution in [2.24, 2.45) is 0 Å². The van der Waals surface area contributed by atoms with Gasteiger partial charge in [-0.15, -0.1) is 11.6 Å². The number of hydrogen-bond donors (Lipinski definition) is 0. The summed E-state index contributed by atoms with van der Waals surface area (Å²) < 4.78 is 53.1. The lowest BCUT2D eigenvalue weighted by Gasteiger charge is -2.18. The van der Waals surface area contributed by atoms with Gasteiger partial charge in [0.05, 0.1) is 23.0 Å². The second-order valence-corrected chi connectivity index (χ2v) is 5.94. The first-order valence-electron chi connectivity index (χ1n) is 5.68. The van der Waals surface area contributed by atoms with Crippen molar-refractivity contribution in [2.75, 3.05) is 0 Å². The number of aromatic nitrogens is 2. The molecule has 0 saturated heterocycles. The minimum atomic E-state index is -4.14. The third kappa shape index (κ3) is 2.93. The summed E-state index contributed by atoms with van der Waals surface area (Å²) in [5.74, 6) is -4.00. The first kappa shape index (κ1) is 15.6. The van der Waals surface area contributed by atoms with Crippen LogP contribution in [0, 0.1) is 0 Å². The van der Waals surface area contributed by atoms with Crippen molar-refractivity contribution < 1.29 is 17.6 Å². The van der Waals surface area contributed by atoms with Crippen LogP contribution in [-0.4, -0.2) is 21.9 Å². The zero-order valence-corrected chi connectivity index (χ0v) is 12.6. The second kappa shape index (κ2) is 5.52. The molecule has 0 N–H and O–H groups in total. The second-order valence-electron chi connectivity index (χ2n) is 4.37. The minimum absolute atomic E-state index is 0.139. The zero-order chi connectivity index (χ0) is 15.1. The van der Waals surface area contributed by atoms with Gasteiger partial charge in [0, 0.05) is 4.47 Å². The van der Waals surface area contributed by atoms with Gasteiger partial charge in [-0.1, -0.05) is 15.9 Å². The summed E-state index contributed by atoms with van der Waals surface area (Å²) in [6.07, 6.45) is -3.74. The van der Waals surface area contributed by atoms with Crippen LogP contribution in [0.5, 0.6) is 0 Å². The van der Waals surface area contributed by atoms with Crippen LogP contribution in [0.3, 0.4) is 0 Å². The molecule has 1 atom stereocenters. The number of benzene rings is 1. The Morgan fingerprint density at radius 2 is 2.05 bits per heavy atom. The van der Waals surface area contributed by atoms with Crippen molar-refractivity contribution in [2.45, 2.75) is 31.2 Å². The highest BCUT2D eigenvalue weighted by molar-refractivity contribution is 9.10. The average Bonchev–Trinajstić information content (AvgIpc) is 2.66. The van der Waals surface area contributed by atoms with Gasteiger partial charge in [0.2, 0.25) is 0 Å². The Kier molecular flexibility index (Phi) is 4.30. The molecule has 0 aliphatic carbocycles. The van der Waals surface area contributed by atoms with E-state index >= 15 is 0 Å². The Labute approximate surface area is 125 Å². The molecule has 0 bridgehead atoms. The Balaban J connectivity index is 2.57. The average molecular weight is 374 g/mol. The van der Waals surface area contributed by atoms with Crippen molar-refractivity contribution in [3.05, 3.63) is 28.5 Å². The Morgan fingerprint density at radius 3 is 2.60 bits per heavy atom. The number of hydrogen-bond acceptors (Lipinski definition) is 1. The highest BCUT2D eigenvalue weighted by atomic mass is 79.9. The van der Waals surface area contributed by atoms with Crippen LogP contribution < -0.4 is 0 Å². The van der Waals surface area contributed by atoms with E-state index in [0.717, 1.165) is 4.57 Å². The van der Waals surface area contributed by atoms with Crippen LogP contribution in [0.2, 0.25) is 0 Å². The molecule has 2 nitrogen and oxygen atoms in total. The summed E-state index contributed by atoms with van der Waals surface area (Å²) >= 11 is 9.14.